The fraction of sp³-hybridized carbons (Fsp3) is 0.222. The van der Waals surface area contributed by atoms with Crippen molar-refractivity contribution >= 4 is 11.8 Å². The third-order valence-electron chi connectivity index (χ3n) is 4.27. The highest BCUT2D eigenvalue weighted by molar-refractivity contribution is 6.13. The van der Waals surface area contributed by atoms with E-state index in [4.69, 9.17) is 0 Å². The van der Waals surface area contributed by atoms with Crippen molar-refractivity contribution in [2.45, 2.75) is 18.4 Å². The quantitative estimate of drug-likeness (QED) is 0.877. The van der Waals surface area contributed by atoms with Crippen LogP contribution in [0, 0.1) is 0 Å². The van der Waals surface area contributed by atoms with Gasteiger partial charge in [-0.2, -0.15) is 0 Å². The molecule has 22 heavy (non-hydrogen) atoms. The Bertz CT molecular complexity index is 657. The third kappa shape index (κ3) is 1.81. The second-order valence-electron chi connectivity index (χ2n) is 5.33. The molecule has 1 aliphatic rings. The number of likely N-dealkylation sites (tertiary alicyclic amines) is 1. The molecule has 2 aromatic rings. The van der Waals surface area contributed by atoms with Crippen LogP contribution in [0.2, 0.25) is 0 Å². The Morgan fingerprint density at radius 2 is 1.41 bits per heavy atom. The standard InChI is InChI=1S/C18H17NO3/c1-2-19-16(21)15(20)18(17(19)22,13-9-5-3-6-10-13)14-11-7-4-8-12-14/h3-12,15,20H,2H2,1H3/t15-/m0/s1. The fourth-order valence-corrected chi connectivity index (χ4v) is 3.19. The van der Waals surface area contributed by atoms with E-state index >= 15 is 0 Å². The molecule has 0 bridgehead atoms. The normalized spacial score (nSPS) is 20.5. The Balaban J connectivity index is 2.30. The maximum absolute atomic E-state index is 13.0. The maximum Gasteiger partial charge on any atom is 0.259 e. The Morgan fingerprint density at radius 3 is 1.77 bits per heavy atom. The summed E-state index contributed by atoms with van der Waals surface area (Å²) in [7, 11) is 0. The zero-order valence-electron chi connectivity index (χ0n) is 12.3. The molecule has 2 aromatic carbocycles. The van der Waals surface area contributed by atoms with E-state index in [1.807, 2.05) is 12.1 Å². The number of nitrogens with zero attached hydrogens (tertiary/aromatic N) is 1. The van der Waals surface area contributed by atoms with Crippen molar-refractivity contribution in [2.24, 2.45) is 0 Å². The van der Waals surface area contributed by atoms with Crippen LogP contribution in [0.3, 0.4) is 0 Å². The van der Waals surface area contributed by atoms with Crippen LogP contribution in [0.25, 0.3) is 0 Å². The molecule has 2 amide bonds. The largest absolute Gasteiger partial charge is 0.381 e. The second kappa shape index (κ2) is 5.39. The number of likely N-dealkylation sites (N-methyl/N-ethyl adjacent to an activating group) is 1. The SMILES string of the molecule is CCN1C(=O)[C@H](O)C(c2ccccc2)(c2ccccc2)C1=O. The van der Waals surface area contributed by atoms with E-state index in [9.17, 15) is 14.7 Å². The smallest absolute Gasteiger partial charge is 0.259 e. The number of benzene rings is 2. The van der Waals surface area contributed by atoms with E-state index in [2.05, 4.69) is 0 Å². The van der Waals surface area contributed by atoms with E-state index in [0.29, 0.717) is 11.1 Å². The minimum Gasteiger partial charge on any atom is -0.381 e. The molecule has 1 atom stereocenters. The number of hydrogen-bond donors (Lipinski definition) is 1. The average Bonchev–Trinajstić information content (AvgIpc) is 2.76. The van der Waals surface area contributed by atoms with Crippen molar-refractivity contribution in [3.05, 3.63) is 71.8 Å². The summed E-state index contributed by atoms with van der Waals surface area (Å²) in [5, 5.41) is 10.7. The van der Waals surface area contributed by atoms with Crippen LogP contribution in [0.4, 0.5) is 0 Å². The van der Waals surface area contributed by atoms with E-state index in [0.717, 1.165) is 4.90 Å². The van der Waals surface area contributed by atoms with E-state index < -0.39 is 17.4 Å². The summed E-state index contributed by atoms with van der Waals surface area (Å²) in [4.78, 5) is 26.5. The molecule has 3 rings (SSSR count). The lowest BCUT2D eigenvalue weighted by Crippen LogP contribution is -2.44. The Labute approximate surface area is 129 Å². The number of carbonyl (C=O) groups excluding carboxylic acids is 2. The van der Waals surface area contributed by atoms with Crippen LogP contribution in [0.1, 0.15) is 18.1 Å². The average molecular weight is 295 g/mol. The minimum absolute atomic E-state index is 0.246. The third-order valence-corrected chi connectivity index (χ3v) is 4.27. The molecular weight excluding hydrogens is 278 g/mol. The van der Waals surface area contributed by atoms with Crippen LogP contribution in [-0.4, -0.2) is 34.5 Å². The van der Waals surface area contributed by atoms with Crippen molar-refractivity contribution in [3.63, 3.8) is 0 Å². The lowest BCUT2D eigenvalue weighted by molar-refractivity contribution is -0.140. The molecule has 0 unspecified atom stereocenters. The number of imide groups is 1. The predicted octanol–water partition coefficient (Wildman–Crippen LogP) is 1.72. The minimum atomic E-state index is -1.41. The Kier molecular flexibility index (Phi) is 3.54. The first kappa shape index (κ1) is 14.5. The lowest BCUT2D eigenvalue weighted by atomic mass is 9.71. The fourth-order valence-electron chi connectivity index (χ4n) is 3.19. The number of carbonyl (C=O) groups is 2. The van der Waals surface area contributed by atoms with Crippen molar-refractivity contribution in [2.75, 3.05) is 6.54 Å². The zero-order valence-corrected chi connectivity index (χ0v) is 12.3. The maximum atomic E-state index is 13.0. The van der Waals surface area contributed by atoms with Crippen molar-refractivity contribution in [1.82, 2.24) is 4.90 Å². The molecule has 0 aromatic heterocycles. The lowest BCUT2D eigenvalue weighted by Gasteiger charge is -2.30. The van der Waals surface area contributed by atoms with Crippen LogP contribution in [0.5, 0.6) is 0 Å². The summed E-state index contributed by atoms with van der Waals surface area (Å²) in [6.07, 6.45) is -1.41. The second-order valence-corrected chi connectivity index (χ2v) is 5.33. The first-order valence-electron chi connectivity index (χ1n) is 7.29. The summed E-state index contributed by atoms with van der Waals surface area (Å²) < 4.78 is 0. The first-order chi connectivity index (χ1) is 10.6. The molecule has 1 heterocycles. The van der Waals surface area contributed by atoms with Crippen LogP contribution >= 0.6 is 0 Å². The van der Waals surface area contributed by atoms with Gasteiger partial charge in [0.15, 0.2) is 6.10 Å². The topological polar surface area (TPSA) is 57.6 Å². The number of aliphatic hydroxyl groups excluding tert-OH is 1. The van der Waals surface area contributed by atoms with Gasteiger partial charge in [0.1, 0.15) is 5.41 Å². The Morgan fingerprint density at radius 1 is 0.955 bits per heavy atom. The van der Waals surface area contributed by atoms with Gasteiger partial charge in [-0.05, 0) is 18.1 Å². The van der Waals surface area contributed by atoms with Gasteiger partial charge in [0.2, 0.25) is 5.91 Å². The molecule has 1 aliphatic heterocycles. The molecule has 1 saturated heterocycles. The summed E-state index contributed by atoms with van der Waals surface area (Å²) in [6.45, 7) is 1.98. The molecular formula is C18H17NO3. The molecule has 0 spiro atoms. The van der Waals surface area contributed by atoms with Gasteiger partial charge in [-0.15, -0.1) is 0 Å². The van der Waals surface area contributed by atoms with Gasteiger partial charge >= 0.3 is 0 Å². The van der Waals surface area contributed by atoms with Crippen LogP contribution in [-0.2, 0) is 15.0 Å². The van der Waals surface area contributed by atoms with Crippen molar-refractivity contribution in [1.29, 1.82) is 0 Å². The van der Waals surface area contributed by atoms with Crippen LogP contribution in [0.15, 0.2) is 60.7 Å². The molecule has 0 radical (unpaired) electrons. The molecule has 1 fully saturated rings. The van der Waals surface area contributed by atoms with Crippen molar-refractivity contribution in [3.8, 4) is 0 Å². The highest BCUT2D eigenvalue weighted by Gasteiger charge is 2.60. The first-order valence-corrected chi connectivity index (χ1v) is 7.29. The monoisotopic (exact) mass is 295 g/mol. The van der Waals surface area contributed by atoms with Gasteiger partial charge in [-0.1, -0.05) is 60.7 Å². The highest BCUT2D eigenvalue weighted by atomic mass is 16.3. The van der Waals surface area contributed by atoms with Gasteiger partial charge in [0.05, 0.1) is 0 Å². The van der Waals surface area contributed by atoms with Gasteiger partial charge in [-0.25, -0.2) is 0 Å². The summed E-state index contributed by atoms with van der Waals surface area (Å²) in [5.74, 6) is -0.912. The highest BCUT2D eigenvalue weighted by Crippen LogP contribution is 2.42. The zero-order chi connectivity index (χ0) is 15.7. The van der Waals surface area contributed by atoms with E-state index in [-0.39, 0.29) is 12.5 Å². The molecule has 112 valence electrons. The number of aliphatic hydroxyl groups is 1. The van der Waals surface area contributed by atoms with Gasteiger partial charge < -0.3 is 5.11 Å². The van der Waals surface area contributed by atoms with Crippen molar-refractivity contribution < 1.29 is 14.7 Å². The Hall–Kier alpha value is -2.46. The predicted molar refractivity (Wildman–Crippen MR) is 82.1 cm³/mol. The van der Waals surface area contributed by atoms with E-state index in [1.54, 1.807) is 55.5 Å². The summed E-state index contributed by atoms with van der Waals surface area (Å²) in [5.41, 5.74) is -0.110. The summed E-state index contributed by atoms with van der Waals surface area (Å²) in [6, 6.07) is 18.0. The molecule has 1 N–H and O–H groups in total. The summed E-state index contributed by atoms with van der Waals surface area (Å²) >= 11 is 0. The molecule has 0 saturated carbocycles. The number of hydrogen-bond acceptors (Lipinski definition) is 3. The van der Waals surface area contributed by atoms with Gasteiger partial charge in [0, 0.05) is 6.54 Å². The van der Waals surface area contributed by atoms with Gasteiger partial charge in [-0.3, -0.25) is 14.5 Å². The molecule has 4 nitrogen and oxygen atoms in total. The number of amides is 2. The molecule has 4 heteroatoms. The van der Waals surface area contributed by atoms with E-state index in [1.165, 1.54) is 0 Å². The number of rotatable bonds is 3. The molecule has 0 aliphatic carbocycles. The van der Waals surface area contributed by atoms with Crippen LogP contribution < -0.4 is 0 Å². The van der Waals surface area contributed by atoms with Gasteiger partial charge in [0.25, 0.3) is 5.91 Å².